The van der Waals surface area contributed by atoms with Crippen LogP contribution in [0.4, 0.5) is 4.39 Å². The molecule has 1 N–H and O–H groups in total. The molecule has 6 heteroatoms. The zero-order chi connectivity index (χ0) is 46.1. The number of benzene rings is 6. The zero-order valence-electron chi connectivity index (χ0n) is 40.1. The number of nitrogens with zero attached hydrogens (tertiary/aromatic N) is 3. The van der Waals surface area contributed by atoms with Crippen molar-refractivity contribution in [2.45, 2.75) is 112 Å². The van der Waals surface area contributed by atoms with Gasteiger partial charge < -0.3 is 5.11 Å². The molecule has 0 saturated carbocycles. The van der Waals surface area contributed by atoms with Crippen LogP contribution < -0.4 is 0 Å². The normalized spacial score (nSPS) is 12.4. The Labute approximate surface area is 400 Å². The monoisotopic (exact) mass is 1040 g/mol. The Kier molecular flexibility index (Phi) is 12.6. The molecule has 0 fully saturated rings. The van der Waals surface area contributed by atoms with Gasteiger partial charge in [0.05, 0.1) is 16.6 Å². The Bertz CT molecular complexity index is 3030. The molecule has 0 aliphatic rings. The molecule has 0 aliphatic heterocycles. The number of hydrogen-bond donors (Lipinski definition) is 1. The first-order valence-electron chi connectivity index (χ1n) is 22.4. The van der Waals surface area contributed by atoms with Crippen LogP contribution in [0.1, 0.15) is 111 Å². The molecule has 4 nitrogen and oxygen atoms in total. The topological polar surface area (TPSA) is 50.9 Å². The molecule has 0 unspecified atom stereocenters. The molecule has 0 radical (unpaired) electrons. The van der Waals surface area contributed by atoms with Crippen molar-refractivity contribution < 1.29 is 30.6 Å². The van der Waals surface area contributed by atoms with Crippen LogP contribution in [-0.2, 0) is 42.7 Å². The molecule has 336 valence electrons. The van der Waals surface area contributed by atoms with Crippen LogP contribution in [-0.4, -0.2) is 19.6 Å². The van der Waals surface area contributed by atoms with Gasteiger partial charge in [-0.15, -0.1) is 29.3 Å². The third-order valence-electron chi connectivity index (χ3n) is 12.4. The van der Waals surface area contributed by atoms with Crippen LogP contribution in [0.25, 0.3) is 72.7 Å². The molecule has 8 rings (SSSR count). The maximum absolute atomic E-state index is 14.8. The largest absolute Gasteiger partial charge is 0.507 e. The van der Waals surface area contributed by atoms with Crippen LogP contribution >= 0.6 is 0 Å². The second-order valence-electron chi connectivity index (χ2n) is 21.6. The van der Waals surface area contributed by atoms with E-state index in [9.17, 15) is 9.50 Å². The van der Waals surface area contributed by atoms with E-state index in [2.05, 4.69) is 198 Å². The molecule has 0 bridgehead atoms. The average Bonchev–Trinajstić information content (AvgIpc) is 3.61. The van der Waals surface area contributed by atoms with E-state index >= 15 is 0 Å². The number of aromatic hydroxyl groups is 1. The van der Waals surface area contributed by atoms with Gasteiger partial charge in [-0.2, -0.15) is 0 Å². The van der Waals surface area contributed by atoms with Crippen LogP contribution in [0.3, 0.4) is 0 Å². The first-order chi connectivity index (χ1) is 30.0. The standard InChI is InChI=1S/C59H61FN3O.Pt/c1-36-23-24-61-51(25-36)40-26-38(27-42(28-40)57(5,6)7)50-29-39(49-34-41(56(2,3)4)19-21-47(49)37-17-15-14-16-18-37)30-52-54(50)62-55(48-22-20-45(60)35-53(48)64)63(52)46-32-43(58(8,9)10)31-44(33-46)59(11,12)13;/h14-25,27-35,64H,1-13H3;/q-1;. The summed E-state index contributed by atoms with van der Waals surface area (Å²) in [5, 5.41) is 11.6. The van der Waals surface area contributed by atoms with Gasteiger partial charge in [0, 0.05) is 44.7 Å². The van der Waals surface area contributed by atoms with Gasteiger partial charge in [0.25, 0.3) is 0 Å². The fourth-order valence-corrected chi connectivity index (χ4v) is 8.37. The summed E-state index contributed by atoms with van der Waals surface area (Å²) >= 11 is 0. The SMILES string of the molecule is Cc1ccnc(-c2[c-]c(-c3cc(-c4cc(C(C)(C)C)ccc4-c4ccccc4)cc4c3nc(-c3ccc(F)cc3O)n4-c3cc(C(C)(C)C)cc(C(C)(C)C)c3)cc(C(C)(C)C)c2)c1.[Pt]. The molecule has 8 aromatic rings. The van der Waals surface area contributed by atoms with Gasteiger partial charge in [-0.25, -0.2) is 9.37 Å². The van der Waals surface area contributed by atoms with E-state index in [1.165, 1.54) is 28.8 Å². The molecule has 0 atom stereocenters. The predicted molar refractivity (Wildman–Crippen MR) is 266 cm³/mol. The third-order valence-corrected chi connectivity index (χ3v) is 12.4. The van der Waals surface area contributed by atoms with Crippen molar-refractivity contribution in [3.63, 3.8) is 0 Å². The molecule has 2 aromatic heterocycles. The fraction of sp³-hybridized carbons (Fsp3) is 0.288. The smallest absolute Gasteiger partial charge is 0.148 e. The van der Waals surface area contributed by atoms with E-state index in [0.717, 1.165) is 72.5 Å². The van der Waals surface area contributed by atoms with Crippen molar-refractivity contribution in [1.82, 2.24) is 14.5 Å². The van der Waals surface area contributed by atoms with E-state index in [0.29, 0.717) is 11.4 Å². The van der Waals surface area contributed by atoms with Crippen molar-refractivity contribution in [2.24, 2.45) is 0 Å². The molecule has 0 spiro atoms. The summed E-state index contributed by atoms with van der Waals surface area (Å²) in [4.78, 5) is 10.4. The van der Waals surface area contributed by atoms with Crippen LogP contribution in [0.15, 0.2) is 128 Å². The molecule has 65 heavy (non-hydrogen) atoms. The van der Waals surface area contributed by atoms with Crippen LogP contribution in [0, 0.1) is 18.8 Å². The second kappa shape index (κ2) is 17.3. The third kappa shape index (κ3) is 9.68. The molecule has 2 heterocycles. The summed E-state index contributed by atoms with van der Waals surface area (Å²) in [5.41, 5.74) is 15.9. The number of fused-ring (bicyclic) bond motifs is 1. The average molecular weight is 1040 g/mol. The molecular weight excluding hydrogens is 981 g/mol. The van der Waals surface area contributed by atoms with E-state index in [1.54, 1.807) is 6.07 Å². The maximum atomic E-state index is 14.8. The second-order valence-corrected chi connectivity index (χ2v) is 21.6. The fourth-order valence-electron chi connectivity index (χ4n) is 8.37. The molecule has 0 saturated heterocycles. The zero-order valence-corrected chi connectivity index (χ0v) is 42.4. The van der Waals surface area contributed by atoms with Gasteiger partial charge in [0.2, 0.25) is 0 Å². The van der Waals surface area contributed by atoms with Gasteiger partial charge >= 0.3 is 0 Å². The number of aryl methyl sites for hydroxylation is 1. The van der Waals surface area contributed by atoms with E-state index in [1.807, 2.05) is 12.3 Å². The minimum Gasteiger partial charge on any atom is -0.507 e. The number of pyridine rings is 1. The molecule has 0 amide bonds. The first-order valence-corrected chi connectivity index (χ1v) is 22.4. The number of rotatable bonds is 6. The van der Waals surface area contributed by atoms with Gasteiger partial charge in [-0.1, -0.05) is 167 Å². The minimum absolute atomic E-state index is 0. The maximum Gasteiger partial charge on any atom is 0.148 e. The van der Waals surface area contributed by atoms with E-state index in [-0.39, 0.29) is 48.5 Å². The minimum atomic E-state index is -0.519. The first kappa shape index (κ1) is 47.3. The summed E-state index contributed by atoms with van der Waals surface area (Å²) in [5.74, 6) is -0.189. The quantitative estimate of drug-likeness (QED) is 0.169. The summed E-state index contributed by atoms with van der Waals surface area (Å²) in [6.07, 6.45) is 1.86. The number of hydrogen-bond acceptors (Lipinski definition) is 3. The number of phenols is 1. The summed E-state index contributed by atoms with van der Waals surface area (Å²) in [7, 11) is 0. The summed E-state index contributed by atoms with van der Waals surface area (Å²) in [6.45, 7) is 28.9. The van der Waals surface area contributed by atoms with Crippen LogP contribution in [0.2, 0.25) is 0 Å². The Hall–Kier alpha value is -5.64. The van der Waals surface area contributed by atoms with Crippen molar-refractivity contribution >= 4 is 11.0 Å². The van der Waals surface area contributed by atoms with Crippen molar-refractivity contribution in [3.8, 4) is 67.5 Å². The summed E-state index contributed by atoms with van der Waals surface area (Å²) < 4.78 is 17.0. The van der Waals surface area contributed by atoms with Crippen LogP contribution in [0.5, 0.6) is 5.75 Å². The Morgan fingerprint density at radius 3 is 1.74 bits per heavy atom. The Balaban J connectivity index is 0.00000630. The van der Waals surface area contributed by atoms with Crippen molar-refractivity contribution in [1.29, 1.82) is 0 Å². The number of imidazole rings is 1. The molecule has 6 aromatic carbocycles. The van der Waals surface area contributed by atoms with E-state index < -0.39 is 5.82 Å². The van der Waals surface area contributed by atoms with Crippen molar-refractivity contribution in [3.05, 3.63) is 167 Å². The number of aromatic nitrogens is 3. The predicted octanol–water partition coefficient (Wildman–Crippen LogP) is 15.9. The van der Waals surface area contributed by atoms with Gasteiger partial charge in [0.15, 0.2) is 0 Å². The molecular formula is C59H61FN3OPt-. The van der Waals surface area contributed by atoms with Crippen molar-refractivity contribution in [2.75, 3.05) is 0 Å². The summed E-state index contributed by atoms with van der Waals surface area (Å²) in [6, 6.07) is 45.3. The van der Waals surface area contributed by atoms with E-state index in [4.69, 9.17) is 9.97 Å². The van der Waals surface area contributed by atoms with Gasteiger partial charge in [-0.05, 0) is 104 Å². The number of phenolic OH excluding ortho intramolecular Hbond substituents is 1. The number of halogens is 1. The van der Waals surface area contributed by atoms with Gasteiger partial charge in [-0.3, -0.25) is 9.55 Å². The Morgan fingerprint density at radius 1 is 0.538 bits per heavy atom. The molecule has 0 aliphatic carbocycles. The Morgan fingerprint density at radius 2 is 1.14 bits per heavy atom. The van der Waals surface area contributed by atoms with Gasteiger partial charge in [0.1, 0.15) is 17.4 Å².